The van der Waals surface area contributed by atoms with Crippen LogP contribution in [0.2, 0.25) is 0 Å². The Balaban J connectivity index is 1.76. The predicted octanol–water partition coefficient (Wildman–Crippen LogP) is 2.62. The Morgan fingerprint density at radius 1 is 1.20 bits per heavy atom. The number of ether oxygens (including phenoxy) is 1. The number of hydrogen-bond acceptors (Lipinski definition) is 6. The molecule has 0 saturated carbocycles. The second-order valence-corrected chi connectivity index (χ2v) is 6.81. The van der Waals surface area contributed by atoms with Crippen molar-refractivity contribution in [2.45, 2.75) is 23.5 Å². The Morgan fingerprint density at radius 2 is 1.92 bits per heavy atom. The van der Waals surface area contributed by atoms with E-state index in [-0.39, 0.29) is 18.2 Å². The van der Waals surface area contributed by atoms with E-state index in [0.717, 1.165) is 4.90 Å². The maximum Gasteiger partial charge on any atom is 0.308 e. The molecule has 2 aromatic carbocycles. The van der Waals surface area contributed by atoms with Gasteiger partial charge in [0.1, 0.15) is 5.75 Å². The molecular formula is C18H16N2O4S. The lowest BCUT2D eigenvalue weighted by Crippen LogP contribution is -2.31. The first-order chi connectivity index (χ1) is 11.9. The number of thioether (sulfide) groups is 1. The SMILES string of the molecule is CC(=O)Oc1ccc(N2C(=O)C[C@H](Sc3cccc(N)c3)C2=O)cc1. The van der Waals surface area contributed by atoms with Crippen molar-refractivity contribution in [1.29, 1.82) is 0 Å². The summed E-state index contributed by atoms with van der Waals surface area (Å²) in [5.41, 5.74) is 6.82. The third-order valence-corrected chi connectivity index (χ3v) is 4.78. The molecule has 0 spiro atoms. The number of hydrogen-bond donors (Lipinski definition) is 1. The molecule has 1 aliphatic rings. The molecular weight excluding hydrogens is 340 g/mol. The van der Waals surface area contributed by atoms with Crippen molar-refractivity contribution in [1.82, 2.24) is 0 Å². The van der Waals surface area contributed by atoms with Crippen molar-refractivity contribution in [3.63, 3.8) is 0 Å². The maximum absolute atomic E-state index is 12.6. The van der Waals surface area contributed by atoms with E-state index in [4.69, 9.17) is 10.5 Å². The van der Waals surface area contributed by atoms with Gasteiger partial charge in [0, 0.05) is 23.9 Å². The van der Waals surface area contributed by atoms with Crippen LogP contribution in [-0.2, 0) is 14.4 Å². The number of esters is 1. The Morgan fingerprint density at radius 3 is 2.56 bits per heavy atom. The van der Waals surface area contributed by atoms with Gasteiger partial charge in [-0.25, -0.2) is 4.90 Å². The number of imide groups is 1. The highest BCUT2D eigenvalue weighted by molar-refractivity contribution is 8.00. The van der Waals surface area contributed by atoms with Gasteiger partial charge < -0.3 is 10.5 Å². The van der Waals surface area contributed by atoms with Crippen molar-refractivity contribution < 1.29 is 19.1 Å². The topological polar surface area (TPSA) is 89.7 Å². The molecule has 1 aliphatic heterocycles. The zero-order chi connectivity index (χ0) is 18.0. The first-order valence-electron chi connectivity index (χ1n) is 7.61. The van der Waals surface area contributed by atoms with E-state index in [0.29, 0.717) is 17.1 Å². The van der Waals surface area contributed by atoms with Gasteiger partial charge in [0.2, 0.25) is 11.8 Å². The van der Waals surface area contributed by atoms with Crippen LogP contribution < -0.4 is 15.4 Å². The molecule has 128 valence electrons. The third-order valence-electron chi connectivity index (χ3n) is 3.60. The van der Waals surface area contributed by atoms with Gasteiger partial charge in [0.05, 0.1) is 10.9 Å². The first-order valence-corrected chi connectivity index (χ1v) is 8.49. The van der Waals surface area contributed by atoms with Crippen LogP contribution in [0.1, 0.15) is 13.3 Å². The minimum absolute atomic E-state index is 0.129. The summed E-state index contributed by atoms with van der Waals surface area (Å²) in [7, 11) is 0. The molecule has 0 aromatic heterocycles. The van der Waals surface area contributed by atoms with E-state index in [1.165, 1.54) is 23.6 Å². The van der Waals surface area contributed by atoms with Crippen molar-refractivity contribution >= 4 is 40.9 Å². The van der Waals surface area contributed by atoms with Crippen molar-refractivity contribution in [2.24, 2.45) is 0 Å². The molecule has 6 nitrogen and oxygen atoms in total. The molecule has 1 saturated heterocycles. The largest absolute Gasteiger partial charge is 0.427 e. The highest BCUT2D eigenvalue weighted by Crippen LogP contribution is 2.34. The number of rotatable bonds is 4. The van der Waals surface area contributed by atoms with Crippen molar-refractivity contribution in [3.8, 4) is 5.75 Å². The molecule has 1 fully saturated rings. The number of benzene rings is 2. The lowest BCUT2D eigenvalue weighted by atomic mass is 10.3. The minimum atomic E-state index is -0.484. The summed E-state index contributed by atoms with van der Waals surface area (Å²) in [5, 5.41) is -0.484. The molecule has 0 unspecified atom stereocenters. The van der Waals surface area contributed by atoms with Crippen LogP contribution in [0.3, 0.4) is 0 Å². The molecule has 3 rings (SSSR count). The molecule has 25 heavy (non-hydrogen) atoms. The van der Waals surface area contributed by atoms with Gasteiger partial charge in [-0.15, -0.1) is 11.8 Å². The zero-order valence-electron chi connectivity index (χ0n) is 13.5. The molecule has 1 heterocycles. The minimum Gasteiger partial charge on any atom is -0.427 e. The van der Waals surface area contributed by atoms with E-state index in [2.05, 4.69) is 0 Å². The van der Waals surface area contributed by atoms with Gasteiger partial charge in [-0.1, -0.05) is 6.07 Å². The highest BCUT2D eigenvalue weighted by Gasteiger charge is 2.40. The summed E-state index contributed by atoms with van der Waals surface area (Å²) in [6, 6.07) is 13.5. The lowest BCUT2D eigenvalue weighted by molar-refractivity contribution is -0.132. The number of amides is 2. The zero-order valence-corrected chi connectivity index (χ0v) is 14.3. The fourth-order valence-electron chi connectivity index (χ4n) is 2.55. The number of nitrogens with two attached hydrogens (primary N) is 1. The second kappa shape index (κ2) is 6.98. The van der Waals surface area contributed by atoms with Crippen LogP contribution in [0, 0.1) is 0 Å². The van der Waals surface area contributed by atoms with E-state index in [1.54, 1.807) is 36.4 Å². The Bertz CT molecular complexity index is 835. The van der Waals surface area contributed by atoms with Crippen LogP contribution in [0.5, 0.6) is 5.75 Å². The molecule has 0 radical (unpaired) electrons. The lowest BCUT2D eigenvalue weighted by Gasteiger charge is -2.15. The number of nitrogen functional groups attached to an aromatic ring is 1. The summed E-state index contributed by atoms with van der Waals surface area (Å²) >= 11 is 1.33. The molecule has 2 amide bonds. The Labute approximate surface area is 148 Å². The smallest absolute Gasteiger partial charge is 0.308 e. The fraction of sp³-hybridized carbons (Fsp3) is 0.167. The van der Waals surface area contributed by atoms with Crippen LogP contribution in [-0.4, -0.2) is 23.0 Å². The van der Waals surface area contributed by atoms with Crippen LogP contribution in [0.25, 0.3) is 0 Å². The predicted molar refractivity (Wildman–Crippen MR) is 95.4 cm³/mol. The Hall–Kier alpha value is -2.80. The van der Waals surface area contributed by atoms with E-state index < -0.39 is 11.2 Å². The van der Waals surface area contributed by atoms with Gasteiger partial charge in [-0.05, 0) is 42.5 Å². The summed E-state index contributed by atoms with van der Waals surface area (Å²) in [4.78, 5) is 37.9. The summed E-state index contributed by atoms with van der Waals surface area (Å²) < 4.78 is 4.95. The monoisotopic (exact) mass is 356 g/mol. The summed E-state index contributed by atoms with van der Waals surface area (Å²) in [5.74, 6) is -0.593. The van der Waals surface area contributed by atoms with Crippen LogP contribution in [0.15, 0.2) is 53.4 Å². The van der Waals surface area contributed by atoms with E-state index in [9.17, 15) is 14.4 Å². The Kier molecular flexibility index (Phi) is 4.76. The molecule has 0 bridgehead atoms. The van der Waals surface area contributed by atoms with Gasteiger partial charge in [0.25, 0.3) is 0 Å². The summed E-state index contributed by atoms with van der Waals surface area (Å²) in [6.07, 6.45) is 0.129. The van der Waals surface area contributed by atoms with Crippen LogP contribution in [0.4, 0.5) is 11.4 Å². The van der Waals surface area contributed by atoms with Gasteiger partial charge in [-0.3, -0.25) is 14.4 Å². The number of nitrogens with zero attached hydrogens (tertiary/aromatic N) is 1. The fourth-order valence-corrected chi connectivity index (χ4v) is 3.67. The average Bonchev–Trinajstić information content (AvgIpc) is 2.82. The average molecular weight is 356 g/mol. The van der Waals surface area contributed by atoms with E-state index in [1.807, 2.05) is 12.1 Å². The molecule has 0 aliphatic carbocycles. The summed E-state index contributed by atoms with van der Waals surface area (Å²) in [6.45, 7) is 1.31. The van der Waals surface area contributed by atoms with Crippen molar-refractivity contribution in [2.75, 3.05) is 10.6 Å². The normalized spacial score (nSPS) is 17.0. The maximum atomic E-state index is 12.6. The highest BCUT2D eigenvalue weighted by atomic mass is 32.2. The number of carbonyl (C=O) groups is 3. The first kappa shape index (κ1) is 17.0. The molecule has 1 atom stereocenters. The molecule has 2 N–H and O–H groups in total. The third kappa shape index (κ3) is 3.83. The van der Waals surface area contributed by atoms with Gasteiger partial charge in [-0.2, -0.15) is 0 Å². The molecule has 2 aromatic rings. The number of carbonyl (C=O) groups excluding carboxylic acids is 3. The van der Waals surface area contributed by atoms with Crippen molar-refractivity contribution in [3.05, 3.63) is 48.5 Å². The molecule has 7 heteroatoms. The van der Waals surface area contributed by atoms with Crippen LogP contribution >= 0.6 is 11.8 Å². The van der Waals surface area contributed by atoms with Gasteiger partial charge >= 0.3 is 5.97 Å². The second-order valence-electron chi connectivity index (χ2n) is 5.54. The standard InChI is InChI=1S/C18H16N2O4S/c1-11(21)24-14-7-5-13(6-8-14)20-17(22)10-16(18(20)23)25-15-4-2-3-12(19)9-15/h2-9,16H,10,19H2,1H3/t16-/m0/s1. The quantitative estimate of drug-likeness (QED) is 0.392. The van der Waals surface area contributed by atoms with Gasteiger partial charge in [0.15, 0.2) is 0 Å². The number of anilines is 2. The van der Waals surface area contributed by atoms with E-state index >= 15 is 0 Å².